The van der Waals surface area contributed by atoms with E-state index in [-0.39, 0.29) is 5.41 Å². The topological polar surface area (TPSA) is 16.1 Å². The minimum Gasteiger partial charge on any atom is -0.299 e. The van der Waals surface area contributed by atoms with Gasteiger partial charge < -0.3 is 0 Å². The summed E-state index contributed by atoms with van der Waals surface area (Å²) in [4.78, 5) is 6.33. The molecule has 1 atom stereocenters. The molecule has 0 aliphatic heterocycles. The van der Waals surface area contributed by atoms with Crippen LogP contribution in [0, 0.1) is 5.41 Å². The molecule has 2 nitrogen and oxygen atoms in total. The second kappa shape index (κ2) is 5.55. The highest BCUT2D eigenvalue weighted by molar-refractivity contribution is 6.32. The Labute approximate surface area is 114 Å². The SMILES string of the molecule is CC(N(C)Cc1ccc(Cl)nc1Cl)C(C)(C)C. The van der Waals surface area contributed by atoms with Crippen LogP contribution in [-0.2, 0) is 6.54 Å². The third-order valence-corrected chi connectivity index (χ3v) is 3.76. The zero-order valence-corrected chi connectivity index (χ0v) is 12.6. The Morgan fingerprint density at radius 3 is 2.35 bits per heavy atom. The van der Waals surface area contributed by atoms with E-state index in [0.29, 0.717) is 16.3 Å². The molecule has 1 heterocycles. The van der Waals surface area contributed by atoms with E-state index in [0.717, 1.165) is 12.1 Å². The molecule has 96 valence electrons. The van der Waals surface area contributed by atoms with Gasteiger partial charge in [-0.1, -0.05) is 50.0 Å². The number of halogens is 2. The fourth-order valence-corrected chi connectivity index (χ4v) is 2.03. The second-order valence-electron chi connectivity index (χ2n) is 5.54. The molecule has 1 unspecified atom stereocenters. The van der Waals surface area contributed by atoms with Gasteiger partial charge in [0, 0.05) is 18.2 Å². The van der Waals surface area contributed by atoms with Crippen LogP contribution in [0.1, 0.15) is 33.3 Å². The minimum atomic E-state index is 0.237. The van der Waals surface area contributed by atoms with Gasteiger partial charge in [-0.05, 0) is 25.5 Å². The van der Waals surface area contributed by atoms with Crippen LogP contribution in [0.25, 0.3) is 0 Å². The minimum absolute atomic E-state index is 0.237. The molecule has 0 fully saturated rings. The molecule has 0 N–H and O–H groups in total. The predicted octanol–water partition coefficient (Wildman–Crippen LogP) is 4.25. The zero-order valence-electron chi connectivity index (χ0n) is 11.1. The Bertz CT molecular complexity index is 385. The number of hydrogen-bond donors (Lipinski definition) is 0. The van der Waals surface area contributed by atoms with Crippen molar-refractivity contribution >= 4 is 23.2 Å². The molecule has 1 rings (SSSR count). The summed E-state index contributed by atoms with van der Waals surface area (Å²) >= 11 is 11.8. The summed E-state index contributed by atoms with van der Waals surface area (Å²) in [6.45, 7) is 9.69. The van der Waals surface area contributed by atoms with Crippen molar-refractivity contribution in [3.63, 3.8) is 0 Å². The lowest BCUT2D eigenvalue weighted by Crippen LogP contribution is -2.38. The van der Waals surface area contributed by atoms with Crippen LogP contribution in [0.3, 0.4) is 0 Å². The maximum Gasteiger partial charge on any atom is 0.135 e. The Morgan fingerprint density at radius 1 is 1.29 bits per heavy atom. The van der Waals surface area contributed by atoms with E-state index in [1.807, 2.05) is 6.07 Å². The molecule has 0 spiro atoms. The molecule has 0 saturated heterocycles. The van der Waals surface area contributed by atoms with Gasteiger partial charge in [-0.25, -0.2) is 4.98 Å². The molecule has 0 saturated carbocycles. The van der Waals surface area contributed by atoms with Gasteiger partial charge in [-0.2, -0.15) is 0 Å². The molecule has 17 heavy (non-hydrogen) atoms. The quantitative estimate of drug-likeness (QED) is 0.766. The monoisotopic (exact) mass is 274 g/mol. The highest BCUT2D eigenvalue weighted by Gasteiger charge is 2.24. The van der Waals surface area contributed by atoms with E-state index < -0.39 is 0 Å². The first-order valence-electron chi connectivity index (χ1n) is 5.73. The molecule has 1 aromatic rings. The summed E-state index contributed by atoms with van der Waals surface area (Å²) in [7, 11) is 2.10. The third kappa shape index (κ3) is 4.13. The average molecular weight is 275 g/mol. The van der Waals surface area contributed by atoms with Crippen LogP contribution in [0.2, 0.25) is 10.3 Å². The highest BCUT2D eigenvalue weighted by Crippen LogP contribution is 2.25. The largest absolute Gasteiger partial charge is 0.299 e. The van der Waals surface area contributed by atoms with Crippen molar-refractivity contribution in [3.8, 4) is 0 Å². The molecule has 0 amide bonds. The van der Waals surface area contributed by atoms with Gasteiger partial charge in [0.1, 0.15) is 10.3 Å². The van der Waals surface area contributed by atoms with Crippen molar-refractivity contribution in [2.75, 3.05) is 7.05 Å². The average Bonchev–Trinajstić information content (AvgIpc) is 2.19. The molecular formula is C13H20Cl2N2. The van der Waals surface area contributed by atoms with Gasteiger partial charge in [-0.3, -0.25) is 4.90 Å². The summed E-state index contributed by atoms with van der Waals surface area (Å²) in [6.07, 6.45) is 0. The standard InChI is InChI=1S/C13H20Cl2N2/c1-9(13(2,3)4)17(5)8-10-6-7-11(14)16-12(10)15/h6-7,9H,8H2,1-5H3. The molecule has 4 heteroatoms. The highest BCUT2D eigenvalue weighted by atomic mass is 35.5. The van der Waals surface area contributed by atoms with Crippen LogP contribution in [0.4, 0.5) is 0 Å². The molecule has 0 bridgehead atoms. The summed E-state index contributed by atoms with van der Waals surface area (Å²) < 4.78 is 0. The maximum absolute atomic E-state index is 6.07. The van der Waals surface area contributed by atoms with Crippen molar-refractivity contribution in [1.29, 1.82) is 0 Å². The predicted molar refractivity (Wildman–Crippen MR) is 74.6 cm³/mol. The summed E-state index contributed by atoms with van der Waals surface area (Å²) in [5, 5.41) is 0.927. The normalized spacial score (nSPS) is 14.1. The van der Waals surface area contributed by atoms with Crippen LogP contribution in [0.15, 0.2) is 12.1 Å². The molecular weight excluding hydrogens is 255 g/mol. The van der Waals surface area contributed by atoms with E-state index in [1.54, 1.807) is 6.07 Å². The number of nitrogens with zero attached hydrogens (tertiary/aromatic N) is 2. The van der Waals surface area contributed by atoms with E-state index >= 15 is 0 Å². The van der Waals surface area contributed by atoms with Crippen molar-refractivity contribution < 1.29 is 0 Å². The second-order valence-corrected chi connectivity index (χ2v) is 6.29. The number of pyridine rings is 1. The van der Waals surface area contributed by atoms with Gasteiger partial charge in [0.25, 0.3) is 0 Å². The Hall–Kier alpha value is -0.310. The first-order chi connectivity index (χ1) is 7.71. The van der Waals surface area contributed by atoms with Gasteiger partial charge in [0.2, 0.25) is 0 Å². The van der Waals surface area contributed by atoms with E-state index in [2.05, 4.69) is 44.6 Å². The number of hydrogen-bond acceptors (Lipinski definition) is 2. The van der Waals surface area contributed by atoms with Crippen molar-refractivity contribution in [2.45, 2.75) is 40.3 Å². The van der Waals surface area contributed by atoms with Crippen molar-refractivity contribution in [2.24, 2.45) is 5.41 Å². The van der Waals surface area contributed by atoms with Crippen molar-refractivity contribution in [3.05, 3.63) is 28.0 Å². The van der Waals surface area contributed by atoms with Crippen LogP contribution >= 0.6 is 23.2 Å². The van der Waals surface area contributed by atoms with Crippen LogP contribution in [0.5, 0.6) is 0 Å². The van der Waals surface area contributed by atoms with Crippen LogP contribution < -0.4 is 0 Å². The lowest BCUT2D eigenvalue weighted by molar-refractivity contribution is 0.134. The van der Waals surface area contributed by atoms with Crippen LogP contribution in [-0.4, -0.2) is 23.0 Å². The Balaban J connectivity index is 2.78. The molecule has 0 radical (unpaired) electrons. The van der Waals surface area contributed by atoms with E-state index in [1.165, 1.54) is 0 Å². The van der Waals surface area contributed by atoms with Gasteiger partial charge in [0.15, 0.2) is 0 Å². The fraction of sp³-hybridized carbons (Fsp3) is 0.615. The van der Waals surface area contributed by atoms with Gasteiger partial charge >= 0.3 is 0 Å². The zero-order chi connectivity index (χ0) is 13.2. The third-order valence-electron chi connectivity index (χ3n) is 3.23. The first-order valence-corrected chi connectivity index (χ1v) is 6.48. The smallest absolute Gasteiger partial charge is 0.135 e. The van der Waals surface area contributed by atoms with E-state index in [4.69, 9.17) is 23.2 Å². The number of aromatic nitrogens is 1. The molecule has 0 aliphatic carbocycles. The number of rotatable bonds is 3. The molecule has 1 aromatic heterocycles. The summed E-state index contributed by atoms with van der Waals surface area (Å²) in [5.74, 6) is 0. The van der Waals surface area contributed by atoms with Gasteiger partial charge in [-0.15, -0.1) is 0 Å². The molecule has 0 aromatic carbocycles. The fourth-order valence-electron chi connectivity index (χ4n) is 1.63. The lowest BCUT2D eigenvalue weighted by Gasteiger charge is -2.35. The maximum atomic E-state index is 6.07. The van der Waals surface area contributed by atoms with Crippen molar-refractivity contribution in [1.82, 2.24) is 9.88 Å². The first kappa shape index (κ1) is 14.7. The van der Waals surface area contributed by atoms with Gasteiger partial charge in [0.05, 0.1) is 0 Å². The van der Waals surface area contributed by atoms with E-state index in [9.17, 15) is 0 Å². The Morgan fingerprint density at radius 2 is 1.88 bits per heavy atom. The molecule has 0 aliphatic rings. The lowest BCUT2D eigenvalue weighted by atomic mass is 9.87. The summed E-state index contributed by atoms with van der Waals surface area (Å²) in [5.41, 5.74) is 1.25. The summed E-state index contributed by atoms with van der Waals surface area (Å²) in [6, 6.07) is 4.16. The Kier molecular flexibility index (Phi) is 4.82.